The first-order chi connectivity index (χ1) is 11.8. The molecule has 0 spiro atoms. The zero-order chi connectivity index (χ0) is 18.1. The predicted octanol–water partition coefficient (Wildman–Crippen LogP) is 3.29. The summed E-state index contributed by atoms with van der Waals surface area (Å²) in [6.07, 6.45) is 1.92. The van der Waals surface area contributed by atoms with Gasteiger partial charge in [0.2, 0.25) is 5.91 Å². The summed E-state index contributed by atoms with van der Waals surface area (Å²) in [7, 11) is 0. The molecule has 5 nitrogen and oxygen atoms in total. The van der Waals surface area contributed by atoms with Gasteiger partial charge in [0, 0.05) is 25.9 Å². The second kappa shape index (κ2) is 6.98. The zero-order valence-corrected chi connectivity index (χ0v) is 15.6. The number of hydrazone groups is 1. The Morgan fingerprint density at radius 1 is 1.12 bits per heavy atom. The minimum atomic E-state index is -0.0503. The lowest BCUT2D eigenvalue weighted by molar-refractivity contribution is -0.126. The first-order valence-electron chi connectivity index (χ1n) is 9.12. The lowest BCUT2D eigenvalue weighted by atomic mass is 9.91. The van der Waals surface area contributed by atoms with E-state index in [1.54, 1.807) is 0 Å². The maximum atomic E-state index is 12.9. The van der Waals surface area contributed by atoms with Crippen molar-refractivity contribution in [2.45, 2.75) is 47.0 Å². The molecule has 0 aliphatic carbocycles. The van der Waals surface area contributed by atoms with E-state index in [1.165, 1.54) is 5.01 Å². The van der Waals surface area contributed by atoms with Crippen LogP contribution in [0.5, 0.6) is 0 Å². The molecule has 25 heavy (non-hydrogen) atoms. The van der Waals surface area contributed by atoms with Crippen LogP contribution < -0.4 is 5.01 Å². The molecule has 0 saturated carbocycles. The number of anilines is 1. The second-order valence-corrected chi connectivity index (χ2v) is 7.70. The molecule has 1 fully saturated rings. The number of amides is 2. The van der Waals surface area contributed by atoms with Crippen molar-refractivity contribution in [1.29, 1.82) is 0 Å². The Morgan fingerprint density at radius 2 is 1.80 bits per heavy atom. The van der Waals surface area contributed by atoms with Crippen LogP contribution in [0.25, 0.3) is 0 Å². The molecule has 2 unspecified atom stereocenters. The molecule has 134 valence electrons. The SMILES string of the molecule is Cc1ccc(C)c(N2N=C(C(=O)N3CC(C)CC(C)C3)CCC2=O)c1. The predicted molar refractivity (Wildman–Crippen MR) is 99.6 cm³/mol. The summed E-state index contributed by atoms with van der Waals surface area (Å²) in [5.74, 6) is 0.953. The summed E-state index contributed by atoms with van der Waals surface area (Å²) < 4.78 is 0. The van der Waals surface area contributed by atoms with Crippen LogP contribution in [0.2, 0.25) is 0 Å². The average molecular weight is 341 g/mol. The van der Waals surface area contributed by atoms with E-state index in [0.717, 1.165) is 36.3 Å². The molecule has 1 aromatic carbocycles. The quantitative estimate of drug-likeness (QED) is 0.829. The van der Waals surface area contributed by atoms with Crippen LogP contribution in [-0.4, -0.2) is 35.5 Å². The molecule has 2 atom stereocenters. The van der Waals surface area contributed by atoms with Crippen molar-refractivity contribution in [2.24, 2.45) is 16.9 Å². The molecular weight excluding hydrogens is 314 g/mol. The Kier molecular flexibility index (Phi) is 4.93. The number of carbonyl (C=O) groups is 2. The molecule has 1 saturated heterocycles. The van der Waals surface area contributed by atoms with Crippen LogP contribution in [0.4, 0.5) is 5.69 Å². The molecule has 0 aromatic heterocycles. The van der Waals surface area contributed by atoms with E-state index in [0.29, 0.717) is 30.4 Å². The van der Waals surface area contributed by atoms with Crippen LogP contribution >= 0.6 is 0 Å². The Balaban J connectivity index is 1.88. The third-order valence-electron chi connectivity index (χ3n) is 5.03. The molecule has 2 amide bonds. The van der Waals surface area contributed by atoms with E-state index in [9.17, 15) is 9.59 Å². The maximum Gasteiger partial charge on any atom is 0.270 e. The number of rotatable bonds is 2. The monoisotopic (exact) mass is 341 g/mol. The van der Waals surface area contributed by atoms with E-state index in [1.807, 2.05) is 36.9 Å². The standard InChI is InChI=1S/C20H27N3O2/c1-13-5-6-16(4)18(10-13)23-19(24)8-7-17(21-23)20(25)22-11-14(2)9-15(3)12-22/h5-6,10,14-15H,7-9,11-12H2,1-4H3. The molecule has 2 heterocycles. The smallest absolute Gasteiger partial charge is 0.270 e. The molecular formula is C20H27N3O2. The van der Waals surface area contributed by atoms with E-state index >= 15 is 0 Å². The van der Waals surface area contributed by atoms with Crippen molar-refractivity contribution < 1.29 is 9.59 Å². The van der Waals surface area contributed by atoms with E-state index in [2.05, 4.69) is 18.9 Å². The van der Waals surface area contributed by atoms with Gasteiger partial charge >= 0.3 is 0 Å². The third kappa shape index (κ3) is 3.75. The lowest BCUT2D eigenvalue weighted by Crippen LogP contribution is -2.47. The first kappa shape index (κ1) is 17.6. The minimum Gasteiger partial charge on any atom is -0.337 e. The molecule has 0 radical (unpaired) electrons. The van der Waals surface area contributed by atoms with Gasteiger partial charge in [0.1, 0.15) is 5.71 Å². The maximum absolute atomic E-state index is 12.9. The van der Waals surface area contributed by atoms with E-state index in [4.69, 9.17) is 0 Å². The van der Waals surface area contributed by atoms with Gasteiger partial charge in [0.05, 0.1) is 5.69 Å². The minimum absolute atomic E-state index is 0.0128. The van der Waals surface area contributed by atoms with Gasteiger partial charge in [-0.05, 0) is 49.3 Å². The summed E-state index contributed by atoms with van der Waals surface area (Å²) >= 11 is 0. The van der Waals surface area contributed by atoms with Crippen LogP contribution in [0.1, 0.15) is 44.2 Å². The number of nitrogens with zero attached hydrogens (tertiary/aromatic N) is 3. The number of hydrogen-bond donors (Lipinski definition) is 0. The van der Waals surface area contributed by atoms with E-state index < -0.39 is 0 Å². The molecule has 3 rings (SSSR count). The molecule has 5 heteroatoms. The van der Waals surface area contributed by atoms with Crippen molar-refractivity contribution in [2.75, 3.05) is 18.1 Å². The van der Waals surface area contributed by atoms with Crippen molar-refractivity contribution in [3.63, 3.8) is 0 Å². The van der Waals surface area contributed by atoms with Gasteiger partial charge in [0.15, 0.2) is 0 Å². The second-order valence-electron chi connectivity index (χ2n) is 7.70. The Bertz CT molecular complexity index is 716. The van der Waals surface area contributed by atoms with Crippen LogP contribution in [-0.2, 0) is 9.59 Å². The van der Waals surface area contributed by atoms with Gasteiger partial charge in [-0.2, -0.15) is 5.10 Å². The number of hydrogen-bond acceptors (Lipinski definition) is 3. The highest BCUT2D eigenvalue weighted by atomic mass is 16.2. The van der Waals surface area contributed by atoms with Crippen molar-refractivity contribution in [1.82, 2.24) is 4.90 Å². The third-order valence-corrected chi connectivity index (χ3v) is 5.03. The van der Waals surface area contributed by atoms with Gasteiger partial charge in [-0.15, -0.1) is 0 Å². The summed E-state index contributed by atoms with van der Waals surface area (Å²) in [5, 5.41) is 5.90. The Labute approximate surface area is 149 Å². The molecule has 0 N–H and O–H groups in total. The highest BCUT2D eigenvalue weighted by molar-refractivity contribution is 6.40. The van der Waals surface area contributed by atoms with Gasteiger partial charge in [-0.3, -0.25) is 9.59 Å². The summed E-state index contributed by atoms with van der Waals surface area (Å²) in [5.41, 5.74) is 3.33. The van der Waals surface area contributed by atoms with Gasteiger partial charge in [0.25, 0.3) is 5.91 Å². The molecule has 2 aliphatic heterocycles. The number of piperidine rings is 1. The highest BCUT2D eigenvalue weighted by Gasteiger charge is 2.32. The van der Waals surface area contributed by atoms with E-state index in [-0.39, 0.29) is 11.8 Å². The summed E-state index contributed by atoms with van der Waals surface area (Å²) in [6.45, 7) is 9.87. The number of likely N-dealkylation sites (tertiary alicyclic amines) is 1. The fourth-order valence-electron chi connectivity index (χ4n) is 3.85. The lowest BCUT2D eigenvalue weighted by Gasteiger charge is -2.36. The van der Waals surface area contributed by atoms with Crippen molar-refractivity contribution in [3.05, 3.63) is 29.3 Å². The fraction of sp³-hybridized carbons (Fsp3) is 0.550. The highest BCUT2D eigenvalue weighted by Crippen LogP contribution is 2.27. The fourth-order valence-corrected chi connectivity index (χ4v) is 3.85. The summed E-state index contributed by atoms with van der Waals surface area (Å²) in [4.78, 5) is 27.2. The van der Waals surface area contributed by atoms with Crippen molar-refractivity contribution >= 4 is 23.2 Å². The van der Waals surface area contributed by atoms with Gasteiger partial charge < -0.3 is 4.90 Å². The van der Waals surface area contributed by atoms with Crippen LogP contribution in [0.15, 0.2) is 23.3 Å². The molecule has 1 aromatic rings. The molecule has 0 bridgehead atoms. The number of benzene rings is 1. The van der Waals surface area contributed by atoms with Gasteiger partial charge in [-0.25, -0.2) is 5.01 Å². The van der Waals surface area contributed by atoms with Crippen LogP contribution in [0.3, 0.4) is 0 Å². The first-order valence-corrected chi connectivity index (χ1v) is 9.12. The average Bonchev–Trinajstić information content (AvgIpc) is 2.56. The van der Waals surface area contributed by atoms with Crippen molar-refractivity contribution in [3.8, 4) is 0 Å². The largest absolute Gasteiger partial charge is 0.337 e. The van der Waals surface area contributed by atoms with Crippen LogP contribution in [0, 0.1) is 25.7 Å². The van der Waals surface area contributed by atoms with Gasteiger partial charge in [-0.1, -0.05) is 26.0 Å². The summed E-state index contributed by atoms with van der Waals surface area (Å²) in [6, 6.07) is 5.95. The Morgan fingerprint density at radius 3 is 2.48 bits per heavy atom. The number of aryl methyl sites for hydroxylation is 2. The normalized spacial score (nSPS) is 24.3. The number of carbonyl (C=O) groups excluding carboxylic acids is 2. The topological polar surface area (TPSA) is 53.0 Å². The molecule has 2 aliphatic rings. The Hall–Kier alpha value is -2.17. The zero-order valence-electron chi connectivity index (χ0n) is 15.6.